The van der Waals surface area contributed by atoms with E-state index in [-0.39, 0.29) is 11.8 Å². The molecule has 0 heterocycles. The van der Waals surface area contributed by atoms with E-state index in [0.717, 1.165) is 12.1 Å². The highest BCUT2D eigenvalue weighted by Gasteiger charge is 2.19. The highest BCUT2D eigenvalue weighted by Crippen LogP contribution is 2.09. The molecule has 1 aromatic carbocycles. The molecule has 1 atom stereocenters. The van der Waals surface area contributed by atoms with Crippen molar-refractivity contribution in [1.29, 1.82) is 0 Å². The monoisotopic (exact) mass is 219 g/mol. The number of carbonyl (C=O) groups is 1. The maximum Gasteiger partial charge on any atom is 0.179 e. The summed E-state index contributed by atoms with van der Waals surface area (Å²) < 4.78 is 0. The van der Waals surface area contributed by atoms with Gasteiger partial charge in [-0.05, 0) is 19.9 Å². The predicted octanol–water partition coefficient (Wildman–Crippen LogP) is 2.85. The van der Waals surface area contributed by atoms with Gasteiger partial charge in [0.25, 0.3) is 0 Å². The van der Waals surface area contributed by atoms with Crippen LogP contribution >= 0.6 is 0 Å². The summed E-state index contributed by atoms with van der Waals surface area (Å²) in [6.07, 6.45) is 0. The van der Waals surface area contributed by atoms with Crippen molar-refractivity contribution in [3.05, 3.63) is 35.9 Å². The second-order valence-electron chi connectivity index (χ2n) is 4.74. The number of carbonyl (C=O) groups excluding carboxylic acids is 1. The van der Waals surface area contributed by atoms with Crippen LogP contribution in [-0.2, 0) is 0 Å². The molecule has 0 aliphatic heterocycles. The largest absolute Gasteiger partial charge is 0.296 e. The molecule has 2 nitrogen and oxygen atoms in total. The van der Waals surface area contributed by atoms with Gasteiger partial charge in [-0.1, -0.05) is 44.2 Å². The minimum Gasteiger partial charge on any atom is -0.296 e. The first kappa shape index (κ1) is 12.9. The third kappa shape index (κ3) is 3.46. The number of likely N-dealkylation sites (N-methyl/N-ethyl adjacent to an activating group) is 1. The van der Waals surface area contributed by atoms with E-state index in [2.05, 4.69) is 18.7 Å². The molecule has 1 unspecified atom stereocenters. The van der Waals surface area contributed by atoms with Crippen LogP contribution in [0.25, 0.3) is 0 Å². The van der Waals surface area contributed by atoms with Gasteiger partial charge in [0.2, 0.25) is 0 Å². The molecule has 2 heteroatoms. The summed E-state index contributed by atoms with van der Waals surface area (Å²) in [5.41, 5.74) is 0.797. The van der Waals surface area contributed by atoms with Crippen molar-refractivity contribution in [2.75, 3.05) is 13.6 Å². The smallest absolute Gasteiger partial charge is 0.179 e. The van der Waals surface area contributed by atoms with Gasteiger partial charge in [0.1, 0.15) is 0 Å². The lowest BCUT2D eigenvalue weighted by Crippen LogP contribution is -2.38. The Bertz CT molecular complexity index is 332. The maximum absolute atomic E-state index is 12.1. The summed E-state index contributed by atoms with van der Waals surface area (Å²) in [6, 6.07) is 9.44. The van der Waals surface area contributed by atoms with E-state index in [4.69, 9.17) is 0 Å². The molecule has 1 rings (SSSR count). The fraction of sp³-hybridized carbons (Fsp3) is 0.500. The van der Waals surface area contributed by atoms with E-state index in [1.807, 2.05) is 44.3 Å². The number of Topliss-reactive ketones (excluding diaryl/α,β-unsaturated/α-hetero) is 1. The molecule has 0 bridgehead atoms. The van der Waals surface area contributed by atoms with Gasteiger partial charge in [-0.25, -0.2) is 0 Å². The van der Waals surface area contributed by atoms with Crippen LogP contribution in [0.1, 0.15) is 31.1 Å². The van der Waals surface area contributed by atoms with Crippen molar-refractivity contribution in [1.82, 2.24) is 4.90 Å². The van der Waals surface area contributed by atoms with Crippen LogP contribution < -0.4 is 0 Å². The summed E-state index contributed by atoms with van der Waals surface area (Å²) in [7, 11) is 2.01. The summed E-state index contributed by atoms with van der Waals surface area (Å²) >= 11 is 0. The van der Waals surface area contributed by atoms with Crippen LogP contribution in [0.3, 0.4) is 0 Å². The van der Waals surface area contributed by atoms with Crippen LogP contribution in [-0.4, -0.2) is 30.3 Å². The van der Waals surface area contributed by atoms with Crippen molar-refractivity contribution in [2.24, 2.45) is 5.92 Å². The van der Waals surface area contributed by atoms with E-state index in [1.165, 1.54) is 0 Å². The first-order chi connectivity index (χ1) is 7.52. The Morgan fingerprint density at radius 1 is 1.19 bits per heavy atom. The van der Waals surface area contributed by atoms with E-state index >= 15 is 0 Å². The molecular weight excluding hydrogens is 198 g/mol. The summed E-state index contributed by atoms with van der Waals surface area (Å²) in [5, 5.41) is 0. The summed E-state index contributed by atoms with van der Waals surface area (Å²) in [4.78, 5) is 14.2. The molecule has 0 aliphatic rings. The lowest BCUT2D eigenvalue weighted by atomic mass is 10.0. The Labute approximate surface area is 98.3 Å². The quantitative estimate of drug-likeness (QED) is 0.710. The van der Waals surface area contributed by atoms with Gasteiger partial charge in [-0.2, -0.15) is 0 Å². The Hall–Kier alpha value is -1.15. The Kier molecular flexibility index (Phi) is 4.69. The second kappa shape index (κ2) is 5.80. The van der Waals surface area contributed by atoms with Crippen LogP contribution in [0.5, 0.6) is 0 Å². The standard InChI is InChI=1S/C14H21NO/c1-11(2)10-15(4)12(3)14(16)13-8-6-5-7-9-13/h5-9,11-12H,10H2,1-4H3. The number of ketones is 1. The molecule has 0 saturated heterocycles. The van der Waals surface area contributed by atoms with Gasteiger partial charge in [-0.15, -0.1) is 0 Å². The fourth-order valence-corrected chi connectivity index (χ4v) is 1.78. The highest BCUT2D eigenvalue weighted by molar-refractivity contribution is 5.99. The van der Waals surface area contributed by atoms with Crippen LogP contribution in [0.15, 0.2) is 30.3 Å². The minimum absolute atomic E-state index is 0.0511. The number of hydrogen-bond donors (Lipinski definition) is 0. The van der Waals surface area contributed by atoms with E-state index < -0.39 is 0 Å². The maximum atomic E-state index is 12.1. The van der Waals surface area contributed by atoms with Gasteiger partial charge < -0.3 is 0 Å². The van der Waals surface area contributed by atoms with Crippen molar-refractivity contribution in [3.8, 4) is 0 Å². The summed E-state index contributed by atoms with van der Waals surface area (Å²) in [6.45, 7) is 7.24. The highest BCUT2D eigenvalue weighted by atomic mass is 16.1. The topological polar surface area (TPSA) is 20.3 Å². The lowest BCUT2D eigenvalue weighted by molar-refractivity contribution is 0.0857. The predicted molar refractivity (Wildman–Crippen MR) is 67.7 cm³/mol. The van der Waals surface area contributed by atoms with Crippen molar-refractivity contribution in [2.45, 2.75) is 26.8 Å². The van der Waals surface area contributed by atoms with Gasteiger partial charge in [0, 0.05) is 12.1 Å². The third-order valence-electron chi connectivity index (χ3n) is 2.75. The molecule has 16 heavy (non-hydrogen) atoms. The lowest BCUT2D eigenvalue weighted by Gasteiger charge is -2.25. The number of hydrogen-bond acceptors (Lipinski definition) is 2. The zero-order valence-electron chi connectivity index (χ0n) is 10.6. The number of benzene rings is 1. The van der Waals surface area contributed by atoms with Crippen LogP contribution in [0.4, 0.5) is 0 Å². The van der Waals surface area contributed by atoms with Crippen molar-refractivity contribution < 1.29 is 4.79 Å². The summed E-state index contributed by atoms with van der Waals surface area (Å²) in [5.74, 6) is 0.778. The SMILES string of the molecule is CC(C)CN(C)C(C)C(=O)c1ccccc1. The Morgan fingerprint density at radius 3 is 2.25 bits per heavy atom. The Balaban J connectivity index is 2.67. The molecule has 0 radical (unpaired) electrons. The second-order valence-corrected chi connectivity index (χ2v) is 4.74. The normalized spacial score (nSPS) is 13.1. The zero-order valence-corrected chi connectivity index (χ0v) is 10.6. The van der Waals surface area contributed by atoms with Gasteiger partial charge in [0.05, 0.1) is 6.04 Å². The fourth-order valence-electron chi connectivity index (χ4n) is 1.78. The molecule has 0 amide bonds. The zero-order chi connectivity index (χ0) is 12.1. The van der Waals surface area contributed by atoms with E-state index in [9.17, 15) is 4.79 Å². The van der Waals surface area contributed by atoms with Crippen molar-refractivity contribution in [3.63, 3.8) is 0 Å². The molecule has 0 spiro atoms. The van der Waals surface area contributed by atoms with Gasteiger partial charge >= 0.3 is 0 Å². The molecule has 0 aliphatic carbocycles. The molecule has 88 valence electrons. The molecular formula is C14H21NO. The van der Waals surface area contributed by atoms with Crippen molar-refractivity contribution >= 4 is 5.78 Å². The third-order valence-corrected chi connectivity index (χ3v) is 2.75. The molecule has 0 aromatic heterocycles. The number of rotatable bonds is 5. The van der Waals surface area contributed by atoms with Gasteiger partial charge in [-0.3, -0.25) is 9.69 Å². The van der Waals surface area contributed by atoms with Gasteiger partial charge in [0.15, 0.2) is 5.78 Å². The average molecular weight is 219 g/mol. The molecule has 0 N–H and O–H groups in total. The molecule has 0 saturated carbocycles. The average Bonchev–Trinajstić information content (AvgIpc) is 2.27. The molecule has 0 fully saturated rings. The number of nitrogens with zero attached hydrogens (tertiary/aromatic N) is 1. The van der Waals surface area contributed by atoms with Crippen LogP contribution in [0, 0.1) is 5.92 Å². The first-order valence-corrected chi connectivity index (χ1v) is 5.82. The first-order valence-electron chi connectivity index (χ1n) is 5.82. The van der Waals surface area contributed by atoms with E-state index in [1.54, 1.807) is 0 Å². The van der Waals surface area contributed by atoms with Crippen LogP contribution in [0.2, 0.25) is 0 Å². The minimum atomic E-state index is -0.0511. The molecule has 1 aromatic rings. The van der Waals surface area contributed by atoms with E-state index in [0.29, 0.717) is 5.92 Å². The Morgan fingerprint density at radius 2 is 1.75 bits per heavy atom.